The van der Waals surface area contributed by atoms with Crippen molar-refractivity contribution in [1.82, 2.24) is 30.2 Å². The molecule has 0 spiro atoms. The molecule has 3 rings (SSSR count). The van der Waals surface area contributed by atoms with E-state index in [0.717, 1.165) is 41.1 Å². The van der Waals surface area contributed by atoms with Crippen LogP contribution in [0.25, 0.3) is 5.82 Å². The summed E-state index contributed by atoms with van der Waals surface area (Å²) >= 11 is 1.72. The summed E-state index contributed by atoms with van der Waals surface area (Å²) in [5.74, 6) is 1.63. The van der Waals surface area contributed by atoms with E-state index in [1.54, 1.807) is 30.1 Å². The molecule has 2 N–H and O–H groups in total. The smallest absolute Gasteiger partial charge is 0.191 e. The second-order valence-corrected chi connectivity index (χ2v) is 7.07. The van der Waals surface area contributed by atoms with Gasteiger partial charge in [-0.15, -0.1) is 11.3 Å². The zero-order chi connectivity index (χ0) is 18.4. The van der Waals surface area contributed by atoms with Crippen LogP contribution in [0.3, 0.4) is 0 Å². The normalized spacial score (nSPS) is 11.6. The van der Waals surface area contributed by atoms with Crippen LogP contribution in [0.15, 0.2) is 42.0 Å². The summed E-state index contributed by atoms with van der Waals surface area (Å²) in [7, 11) is 0. The summed E-state index contributed by atoms with van der Waals surface area (Å²) in [6.07, 6.45) is 7.15. The van der Waals surface area contributed by atoms with E-state index in [4.69, 9.17) is 0 Å². The van der Waals surface area contributed by atoms with Gasteiger partial charge < -0.3 is 10.6 Å². The van der Waals surface area contributed by atoms with Crippen molar-refractivity contribution in [3.8, 4) is 5.82 Å². The highest BCUT2D eigenvalue weighted by Crippen LogP contribution is 2.16. The molecule has 26 heavy (non-hydrogen) atoms. The van der Waals surface area contributed by atoms with E-state index in [1.165, 1.54) is 4.88 Å². The van der Waals surface area contributed by atoms with Crippen LogP contribution < -0.4 is 10.6 Å². The van der Waals surface area contributed by atoms with E-state index in [1.807, 2.05) is 36.7 Å². The number of pyridine rings is 1. The highest BCUT2D eigenvalue weighted by Gasteiger charge is 2.06. The first-order chi connectivity index (χ1) is 12.7. The number of imidazole rings is 1. The van der Waals surface area contributed by atoms with E-state index in [-0.39, 0.29) is 0 Å². The largest absolute Gasteiger partial charge is 0.357 e. The topological polar surface area (TPSA) is 80.0 Å². The average Bonchev–Trinajstić information content (AvgIpc) is 3.27. The predicted octanol–water partition coefficient (Wildman–Crippen LogP) is 2.60. The SMILES string of the molecule is CCNC(=NCc1ccnc(-n2ccnc2)c1)NCc1sc(C)nc1C. The molecule has 0 aromatic carbocycles. The third-order valence-corrected chi connectivity index (χ3v) is 4.83. The predicted molar refractivity (Wildman–Crippen MR) is 105 cm³/mol. The zero-order valence-electron chi connectivity index (χ0n) is 15.2. The van der Waals surface area contributed by atoms with Gasteiger partial charge in [0.15, 0.2) is 5.96 Å². The Morgan fingerprint density at radius 1 is 1.27 bits per heavy atom. The monoisotopic (exact) mass is 369 g/mol. The van der Waals surface area contributed by atoms with Crippen LogP contribution in [-0.4, -0.2) is 32.0 Å². The number of nitrogens with zero attached hydrogens (tertiary/aromatic N) is 5. The molecule has 0 fully saturated rings. The van der Waals surface area contributed by atoms with Crippen molar-refractivity contribution in [2.24, 2.45) is 4.99 Å². The molecule has 3 aromatic rings. The molecule has 3 aromatic heterocycles. The number of thiazole rings is 1. The molecular weight excluding hydrogens is 346 g/mol. The molecule has 0 aliphatic carbocycles. The Hall–Kier alpha value is -2.74. The van der Waals surface area contributed by atoms with E-state index >= 15 is 0 Å². The highest BCUT2D eigenvalue weighted by atomic mass is 32.1. The van der Waals surface area contributed by atoms with Gasteiger partial charge in [-0.2, -0.15) is 0 Å². The molecule has 7 nitrogen and oxygen atoms in total. The molecule has 0 amide bonds. The zero-order valence-corrected chi connectivity index (χ0v) is 16.0. The minimum absolute atomic E-state index is 0.570. The van der Waals surface area contributed by atoms with Crippen molar-refractivity contribution in [3.05, 3.63) is 58.2 Å². The highest BCUT2D eigenvalue weighted by molar-refractivity contribution is 7.11. The first-order valence-corrected chi connectivity index (χ1v) is 9.35. The Balaban J connectivity index is 1.67. The fraction of sp³-hybridized carbons (Fsp3) is 0.333. The Morgan fingerprint density at radius 2 is 2.15 bits per heavy atom. The van der Waals surface area contributed by atoms with E-state index in [0.29, 0.717) is 6.54 Å². The van der Waals surface area contributed by atoms with Gasteiger partial charge in [-0.25, -0.2) is 19.9 Å². The molecule has 3 heterocycles. The van der Waals surface area contributed by atoms with Crippen LogP contribution in [0.5, 0.6) is 0 Å². The third-order valence-electron chi connectivity index (χ3n) is 3.76. The van der Waals surface area contributed by atoms with Gasteiger partial charge in [0.2, 0.25) is 0 Å². The lowest BCUT2D eigenvalue weighted by molar-refractivity contribution is 0.818. The van der Waals surface area contributed by atoms with Crippen molar-refractivity contribution in [1.29, 1.82) is 0 Å². The summed E-state index contributed by atoms with van der Waals surface area (Å²) < 4.78 is 1.88. The summed E-state index contributed by atoms with van der Waals surface area (Å²) in [6, 6.07) is 4.00. The molecule has 0 bridgehead atoms. The molecule has 0 radical (unpaired) electrons. The molecular formula is C18H23N7S. The first-order valence-electron chi connectivity index (χ1n) is 8.54. The molecule has 0 saturated heterocycles. The van der Waals surface area contributed by atoms with Crippen LogP contribution in [0.2, 0.25) is 0 Å². The number of rotatable bonds is 6. The summed E-state index contributed by atoms with van der Waals surface area (Å²) in [6.45, 7) is 8.23. The maximum absolute atomic E-state index is 4.68. The molecule has 136 valence electrons. The fourth-order valence-corrected chi connectivity index (χ4v) is 3.39. The number of aromatic nitrogens is 4. The molecule has 0 aliphatic heterocycles. The van der Waals surface area contributed by atoms with Gasteiger partial charge in [-0.05, 0) is 38.5 Å². The van der Waals surface area contributed by atoms with Gasteiger partial charge in [0.25, 0.3) is 0 Å². The first kappa shape index (κ1) is 18.1. The lowest BCUT2D eigenvalue weighted by atomic mass is 10.2. The summed E-state index contributed by atoms with van der Waals surface area (Å²) in [5.41, 5.74) is 2.17. The van der Waals surface area contributed by atoms with Crippen molar-refractivity contribution in [3.63, 3.8) is 0 Å². The van der Waals surface area contributed by atoms with E-state index in [2.05, 4.69) is 37.5 Å². The van der Waals surface area contributed by atoms with Crippen molar-refractivity contribution in [2.75, 3.05) is 6.54 Å². The van der Waals surface area contributed by atoms with E-state index < -0.39 is 0 Å². The van der Waals surface area contributed by atoms with Crippen LogP contribution in [0, 0.1) is 13.8 Å². The Labute approximate surface area is 157 Å². The lowest BCUT2D eigenvalue weighted by Crippen LogP contribution is -2.36. The second kappa shape index (κ2) is 8.57. The summed E-state index contributed by atoms with van der Waals surface area (Å²) in [4.78, 5) is 18.8. The number of guanidine groups is 1. The van der Waals surface area contributed by atoms with Gasteiger partial charge in [-0.3, -0.25) is 4.57 Å². The third kappa shape index (κ3) is 4.66. The van der Waals surface area contributed by atoms with Gasteiger partial charge >= 0.3 is 0 Å². The molecule has 0 atom stereocenters. The average molecular weight is 369 g/mol. The van der Waals surface area contributed by atoms with Crippen molar-refractivity contribution >= 4 is 17.3 Å². The van der Waals surface area contributed by atoms with E-state index in [9.17, 15) is 0 Å². The standard InChI is InChI=1S/C18H23N7S/c1-4-20-18(23-11-16-13(2)24-14(3)26-16)22-10-15-5-6-21-17(9-15)25-8-7-19-12-25/h5-9,12H,4,10-11H2,1-3H3,(H2,20,22,23). The van der Waals surface area contributed by atoms with Crippen LogP contribution >= 0.6 is 11.3 Å². The Bertz CT molecular complexity index is 868. The minimum atomic E-state index is 0.570. The number of nitrogens with one attached hydrogen (secondary N) is 2. The number of hydrogen-bond acceptors (Lipinski definition) is 5. The molecule has 0 saturated carbocycles. The maximum atomic E-state index is 4.68. The van der Waals surface area contributed by atoms with Crippen LogP contribution in [0.1, 0.15) is 28.1 Å². The number of aliphatic imine (C=N–C) groups is 1. The minimum Gasteiger partial charge on any atom is -0.357 e. The van der Waals surface area contributed by atoms with Crippen LogP contribution in [0.4, 0.5) is 0 Å². The number of aryl methyl sites for hydroxylation is 2. The number of hydrogen-bond donors (Lipinski definition) is 2. The Morgan fingerprint density at radius 3 is 2.85 bits per heavy atom. The Kier molecular flexibility index (Phi) is 5.96. The van der Waals surface area contributed by atoms with Gasteiger partial charge in [0, 0.05) is 30.0 Å². The van der Waals surface area contributed by atoms with Crippen molar-refractivity contribution in [2.45, 2.75) is 33.9 Å². The second-order valence-electron chi connectivity index (χ2n) is 5.78. The van der Waals surface area contributed by atoms with Crippen molar-refractivity contribution < 1.29 is 0 Å². The molecule has 0 aliphatic rings. The fourth-order valence-electron chi connectivity index (χ4n) is 2.51. The molecule has 0 unspecified atom stereocenters. The molecule has 8 heteroatoms. The maximum Gasteiger partial charge on any atom is 0.191 e. The quantitative estimate of drug-likeness (QED) is 0.516. The lowest BCUT2D eigenvalue weighted by Gasteiger charge is -2.11. The van der Waals surface area contributed by atoms with Crippen LogP contribution in [-0.2, 0) is 13.1 Å². The van der Waals surface area contributed by atoms with Gasteiger partial charge in [-0.1, -0.05) is 0 Å². The van der Waals surface area contributed by atoms with Gasteiger partial charge in [0.05, 0.1) is 23.8 Å². The summed E-state index contributed by atoms with van der Waals surface area (Å²) in [5, 5.41) is 7.75. The van der Waals surface area contributed by atoms with Gasteiger partial charge in [0.1, 0.15) is 12.1 Å².